The third-order valence-electron chi connectivity index (χ3n) is 4.10. The number of rotatable bonds is 6. The maximum atomic E-state index is 8.61. The Bertz CT molecular complexity index is 1100. The van der Waals surface area contributed by atoms with Crippen molar-refractivity contribution in [1.29, 1.82) is 5.26 Å². The van der Waals surface area contributed by atoms with Gasteiger partial charge in [-0.2, -0.15) is 10.4 Å². The van der Waals surface area contributed by atoms with Crippen LogP contribution >= 0.6 is 0 Å². The highest BCUT2D eigenvalue weighted by molar-refractivity contribution is 5.91. The number of hydrogen-bond donors (Lipinski definition) is 4. The molecule has 0 amide bonds. The number of anilines is 3. The second-order valence-corrected chi connectivity index (χ2v) is 6.13. The number of benzene rings is 1. The van der Waals surface area contributed by atoms with E-state index in [1.54, 1.807) is 6.20 Å². The molecule has 0 saturated heterocycles. The van der Waals surface area contributed by atoms with E-state index in [9.17, 15) is 0 Å². The summed E-state index contributed by atoms with van der Waals surface area (Å²) in [6.07, 6.45) is 4.06. The monoisotopic (exact) mass is 358 g/mol. The molecule has 4 aromatic rings. The predicted molar refractivity (Wildman–Crippen MR) is 105 cm³/mol. The van der Waals surface area contributed by atoms with Gasteiger partial charge >= 0.3 is 0 Å². The minimum Gasteiger partial charge on any atom is -0.384 e. The van der Waals surface area contributed by atoms with Crippen LogP contribution in [0.2, 0.25) is 0 Å². The normalized spacial score (nSPS) is 10.7. The molecular weight excluding hydrogens is 340 g/mol. The number of hydrogen-bond acceptors (Lipinski definition) is 6. The SMILES string of the molecule is Cc1cc(Nc2cnc3[nH]cc(-c4ccc(NCCC#N)cc4)c3n2)n[nH]1. The summed E-state index contributed by atoms with van der Waals surface area (Å²) in [6, 6.07) is 12.1. The van der Waals surface area contributed by atoms with Crippen LogP contribution in [-0.4, -0.2) is 31.7 Å². The lowest BCUT2D eigenvalue weighted by atomic mass is 10.1. The van der Waals surface area contributed by atoms with Gasteiger partial charge in [0.25, 0.3) is 0 Å². The van der Waals surface area contributed by atoms with Gasteiger partial charge in [-0.25, -0.2) is 9.97 Å². The van der Waals surface area contributed by atoms with Crippen LogP contribution in [0, 0.1) is 18.3 Å². The van der Waals surface area contributed by atoms with Crippen molar-refractivity contribution in [1.82, 2.24) is 25.1 Å². The summed E-state index contributed by atoms with van der Waals surface area (Å²) in [4.78, 5) is 12.3. The van der Waals surface area contributed by atoms with Gasteiger partial charge in [-0.3, -0.25) is 5.10 Å². The quantitative estimate of drug-likeness (QED) is 0.390. The van der Waals surface area contributed by atoms with Gasteiger partial charge in [0.2, 0.25) is 0 Å². The zero-order valence-electron chi connectivity index (χ0n) is 14.7. The van der Waals surface area contributed by atoms with E-state index in [1.165, 1.54) is 0 Å². The van der Waals surface area contributed by atoms with Gasteiger partial charge in [-0.1, -0.05) is 12.1 Å². The zero-order valence-corrected chi connectivity index (χ0v) is 14.7. The lowest BCUT2D eigenvalue weighted by Gasteiger charge is -2.06. The van der Waals surface area contributed by atoms with Crippen molar-refractivity contribution in [2.75, 3.05) is 17.2 Å². The minimum absolute atomic E-state index is 0.477. The number of aromatic nitrogens is 5. The lowest BCUT2D eigenvalue weighted by Crippen LogP contribution is -1.99. The highest BCUT2D eigenvalue weighted by Crippen LogP contribution is 2.28. The van der Waals surface area contributed by atoms with E-state index in [1.807, 2.05) is 43.5 Å². The third kappa shape index (κ3) is 3.57. The number of aromatic amines is 2. The Hall–Kier alpha value is -3.86. The van der Waals surface area contributed by atoms with Crippen LogP contribution < -0.4 is 10.6 Å². The first kappa shape index (κ1) is 16.6. The average Bonchev–Trinajstić information content (AvgIpc) is 3.28. The van der Waals surface area contributed by atoms with Crippen LogP contribution in [0.25, 0.3) is 22.3 Å². The first-order valence-electron chi connectivity index (χ1n) is 8.57. The topological polar surface area (TPSA) is 118 Å². The largest absolute Gasteiger partial charge is 0.384 e. The minimum atomic E-state index is 0.477. The summed E-state index contributed by atoms with van der Waals surface area (Å²) in [7, 11) is 0. The Labute approximate surface area is 155 Å². The fraction of sp³-hybridized carbons (Fsp3) is 0.158. The molecule has 8 heteroatoms. The molecule has 0 atom stereocenters. The molecule has 0 fully saturated rings. The molecule has 0 bridgehead atoms. The van der Waals surface area contributed by atoms with E-state index >= 15 is 0 Å². The molecule has 0 aliphatic rings. The molecule has 3 aromatic heterocycles. The molecule has 1 aromatic carbocycles. The Kier molecular flexibility index (Phi) is 4.41. The standard InChI is InChI=1S/C19H18N8/c1-12-9-16(27-26-12)24-17-11-23-19-18(25-17)15(10-22-19)13-3-5-14(6-4-13)21-8-2-7-20/h3-6,9-11,21H,2,8H2,1H3,(H,22,23)(H2,24,25,26,27). The fourth-order valence-electron chi connectivity index (χ4n) is 2.82. The van der Waals surface area contributed by atoms with Crippen molar-refractivity contribution >= 4 is 28.5 Å². The Morgan fingerprint density at radius 2 is 2.04 bits per heavy atom. The van der Waals surface area contributed by atoms with Crippen LogP contribution in [0.1, 0.15) is 12.1 Å². The van der Waals surface area contributed by atoms with E-state index in [2.05, 4.69) is 41.9 Å². The Balaban J connectivity index is 1.60. The predicted octanol–water partition coefficient (Wildman–Crippen LogP) is 3.73. The smallest absolute Gasteiger partial charge is 0.156 e. The van der Waals surface area contributed by atoms with Crippen molar-refractivity contribution in [3.8, 4) is 17.2 Å². The van der Waals surface area contributed by atoms with Crippen LogP contribution in [0.4, 0.5) is 17.3 Å². The van der Waals surface area contributed by atoms with Crippen LogP contribution in [0.15, 0.2) is 42.7 Å². The highest BCUT2D eigenvalue weighted by Gasteiger charge is 2.10. The highest BCUT2D eigenvalue weighted by atomic mass is 15.2. The van der Waals surface area contributed by atoms with E-state index < -0.39 is 0 Å². The second kappa shape index (κ2) is 7.17. The molecule has 0 aliphatic heterocycles. The number of nitriles is 1. The lowest BCUT2D eigenvalue weighted by molar-refractivity contribution is 1.05. The molecule has 4 rings (SSSR count). The summed E-state index contributed by atoms with van der Waals surface area (Å²) < 4.78 is 0. The molecule has 3 heterocycles. The summed E-state index contributed by atoms with van der Waals surface area (Å²) in [5.74, 6) is 1.33. The van der Waals surface area contributed by atoms with Gasteiger partial charge < -0.3 is 15.6 Å². The van der Waals surface area contributed by atoms with Crippen molar-refractivity contribution < 1.29 is 0 Å². The summed E-state index contributed by atoms with van der Waals surface area (Å²) in [5.41, 5.74) is 5.48. The molecule has 134 valence electrons. The first-order chi connectivity index (χ1) is 13.2. The van der Waals surface area contributed by atoms with Gasteiger partial charge in [-0.15, -0.1) is 0 Å². The second-order valence-electron chi connectivity index (χ2n) is 6.13. The van der Waals surface area contributed by atoms with E-state index in [0.717, 1.165) is 33.7 Å². The number of nitrogens with one attached hydrogen (secondary N) is 4. The van der Waals surface area contributed by atoms with Crippen molar-refractivity contribution in [3.05, 3.63) is 48.4 Å². The molecule has 0 aliphatic carbocycles. The molecule has 0 unspecified atom stereocenters. The molecular formula is C19H18N8. The van der Waals surface area contributed by atoms with E-state index in [4.69, 9.17) is 5.26 Å². The molecule has 27 heavy (non-hydrogen) atoms. The van der Waals surface area contributed by atoms with Crippen LogP contribution in [0.3, 0.4) is 0 Å². The van der Waals surface area contributed by atoms with Crippen LogP contribution in [0.5, 0.6) is 0 Å². The Morgan fingerprint density at radius 1 is 1.19 bits per heavy atom. The number of nitrogens with zero attached hydrogens (tertiary/aromatic N) is 4. The van der Waals surface area contributed by atoms with Gasteiger partial charge in [-0.05, 0) is 24.6 Å². The van der Waals surface area contributed by atoms with Crippen molar-refractivity contribution in [2.45, 2.75) is 13.3 Å². The van der Waals surface area contributed by atoms with Crippen molar-refractivity contribution in [3.63, 3.8) is 0 Å². The number of fused-ring (bicyclic) bond motifs is 1. The maximum Gasteiger partial charge on any atom is 0.156 e. The first-order valence-corrected chi connectivity index (χ1v) is 8.57. The fourth-order valence-corrected chi connectivity index (χ4v) is 2.82. The summed E-state index contributed by atoms with van der Waals surface area (Å²) >= 11 is 0. The Morgan fingerprint density at radius 3 is 2.78 bits per heavy atom. The molecule has 0 spiro atoms. The third-order valence-corrected chi connectivity index (χ3v) is 4.10. The van der Waals surface area contributed by atoms with E-state index in [0.29, 0.717) is 24.6 Å². The molecule has 0 saturated carbocycles. The molecule has 4 N–H and O–H groups in total. The molecule has 0 radical (unpaired) electrons. The summed E-state index contributed by atoms with van der Waals surface area (Å²) in [5, 5.41) is 22.0. The van der Waals surface area contributed by atoms with Gasteiger partial charge in [0.1, 0.15) is 5.52 Å². The van der Waals surface area contributed by atoms with Crippen LogP contribution in [-0.2, 0) is 0 Å². The summed E-state index contributed by atoms with van der Waals surface area (Å²) in [6.45, 7) is 2.58. The molecule has 8 nitrogen and oxygen atoms in total. The van der Waals surface area contributed by atoms with Crippen molar-refractivity contribution in [2.24, 2.45) is 0 Å². The number of H-pyrrole nitrogens is 2. The zero-order chi connectivity index (χ0) is 18.6. The number of aryl methyl sites for hydroxylation is 1. The van der Waals surface area contributed by atoms with Gasteiger partial charge in [0.05, 0.1) is 18.7 Å². The average molecular weight is 358 g/mol. The van der Waals surface area contributed by atoms with Gasteiger partial charge in [0.15, 0.2) is 17.3 Å². The maximum absolute atomic E-state index is 8.61. The van der Waals surface area contributed by atoms with Gasteiger partial charge in [0, 0.05) is 35.8 Å². The van der Waals surface area contributed by atoms with E-state index in [-0.39, 0.29) is 0 Å².